The average Bonchev–Trinajstić information content (AvgIpc) is 2.37. The van der Waals surface area contributed by atoms with E-state index < -0.39 is 0 Å². The van der Waals surface area contributed by atoms with Gasteiger partial charge < -0.3 is 9.84 Å². The topological polar surface area (TPSA) is 29.5 Å². The Bertz CT molecular complexity index is 406. The van der Waals surface area contributed by atoms with E-state index in [9.17, 15) is 5.11 Å². The molecular formula is C18H28O2. The second-order valence-electron chi connectivity index (χ2n) is 6.70. The zero-order valence-electron chi connectivity index (χ0n) is 13.0. The largest absolute Gasteiger partial charge is 0.493 e. The maximum atomic E-state index is 10.4. The number of aliphatic hydroxyl groups excluding tert-OH is 1. The monoisotopic (exact) mass is 276 g/mol. The van der Waals surface area contributed by atoms with Gasteiger partial charge in [0.05, 0.1) is 12.7 Å². The Hall–Kier alpha value is -1.02. The molecule has 3 unspecified atom stereocenters. The zero-order chi connectivity index (χ0) is 14.5. The molecule has 112 valence electrons. The molecule has 1 N–H and O–H groups in total. The highest BCUT2D eigenvalue weighted by molar-refractivity contribution is 5.27. The molecular weight excluding hydrogens is 248 g/mol. The molecule has 0 amide bonds. The second-order valence-corrected chi connectivity index (χ2v) is 6.70. The first-order valence-electron chi connectivity index (χ1n) is 7.92. The predicted octanol–water partition coefficient (Wildman–Crippen LogP) is 4.20. The van der Waals surface area contributed by atoms with Gasteiger partial charge in [-0.25, -0.2) is 0 Å². The molecule has 20 heavy (non-hydrogen) atoms. The molecule has 0 heterocycles. The quantitative estimate of drug-likeness (QED) is 0.873. The van der Waals surface area contributed by atoms with E-state index in [0.717, 1.165) is 36.8 Å². The number of hydrogen-bond acceptors (Lipinski definition) is 2. The Kier molecular flexibility index (Phi) is 5.47. The molecule has 1 fully saturated rings. The van der Waals surface area contributed by atoms with E-state index in [0.29, 0.717) is 12.5 Å². The van der Waals surface area contributed by atoms with Crippen LogP contribution in [0.2, 0.25) is 0 Å². The minimum Gasteiger partial charge on any atom is -0.493 e. The van der Waals surface area contributed by atoms with E-state index in [2.05, 4.69) is 26.8 Å². The Balaban J connectivity index is 1.76. The number of aliphatic hydroxyl groups is 1. The van der Waals surface area contributed by atoms with Crippen molar-refractivity contribution in [2.75, 3.05) is 6.61 Å². The van der Waals surface area contributed by atoms with Crippen molar-refractivity contribution in [2.45, 2.75) is 52.6 Å². The lowest BCUT2D eigenvalue weighted by Crippen LogP contribution is -2.30. The van der Waals surface area contributed by atoms with Crippen LogP contribution in [0.4, 0.5) is 0 Å². The van der Waals surface area contributed by atoms with Crippen molar-refractivity contribution in [1.82, 2.24) is 0 Å². The lowest BCUT2D eigenvalue weighted by molar-refractivity contribution is 0.0400. The molecule has 1 aliphatic carbocycles. The third kappa shape index (κ3) is 4.52. The van der Waals surface area contributed by atoms with E-state index in [1.54, 1.807) is 0 Å². The molecule has 0 aliphatic heterocycles. The molecule has 2 rings (SSSR count). The number of hydrogen-bond donors (Lipinski definition) is 1. The zero-order valence-corrected chi connectivity index (χ0v) is 13.0. The molecule has 1 aromatic rings. The summed E-state index contributed by atoms with van der Waals surface area (Å²) in [7, 11) is 0. The van der Waals surface area contributed by atoms with Gasteiger partial charge in [-0.2, -0.15) is 0 Å². The molecule has 0 aromatic heterocycles. The average molecular weight is 276 g/mol. The molecule has 1 saturated carbocycles. The SMILES string of the molecule is Cc1cccc(OCCC(O)C2CC(C)CC(C)C2)c1. The van der Waals surface area contributed by atoms with Crippen LogP contribution in [0.5, 0.6) is 5.75 Å². The molecule has 2 heteroatoms. The van der Waals surface area contributed by atoms with Gasteiger partial charge >= 0.3 is 0 Å². The number of rotatable bonds is 5. The third-order valence-corrected chi connectivity index (χ3v) is 4.43. The molecule has 1 aromatic carbocycles. The van der Waals surface area contributed by atoms with Crippen LogP contribution in [0.1, 0.15) is 45.1 Å². The van der Waals surface area contributed by atoms with Crippen LogP contribution in [-0.4, -0.2) is 17.8 Å². The van der Waals surface area contributed by atoms with Gasteiger partial charge in [0.25, 0.3) is 0 Å². The Labute approximate surface area is 123 Å². The standard InChI is InChI=1S/C18H28O2/c1-13-5-4-6-17(12-13)20-8-7-18(19)16-10-14(2)9-15(3)11-16/h4-6,12,14-16,18-19H,7-11H2,1-3H3. The van der Waals surface area contributed by atoms with Gasteiger partial charge in [0.1, 0.15) is 5.75 Å². The summed E-state index contributed by atoms with van der Waals surface area (Å²) in [5.41, 5.74) is 1.21. The molecule has 3 atom stereocenters. The van der Waals surface area contributed by atoms with Gasteiger partial charge in [-0.1, -0.05) is 26.0 Å². The van der Waals surface area contributed by atoms with Crippen LogP contribution in [-0.2, 0) is 0 Å². The summed E-state index contributed by atoms with van der Waals surface area (Å²) in [6.45, 7) is 7.27. The van der Waals surface area contributed by atoms with Crippen molar-refractivity contribution in [1.29, 1.82) is 0 Å². The van der Waals surface area contributed by atoms with Crippen LogP contribution in [0, 0.1) is 24.7 Å². The first-order valence-corrected chi connectivity index (χ1v) is 7.92. The molecule has 0 radical (unpaired) electrons. The Morgan fingerprint density at radius 3 is 2.55 bits per heavy atom. The van der Waals surface area contributed by atoms with Crippen LogP contribution < -0.4 is 4.74 Å². The molecule has 1 aliphatic rings. The molecule has 0 bridgehead atoms. The number of ether oxygens (including phenoxy) is 1. The lowest BCUT2D eigenvalue weighted by atomic mass is 9.74. The third-order valence-electron chi connectivity index (χ3n) is 4.43. The Morgan fingerprint density at radius 1 is 1.20 bits per heavy atom. The minimum absolute atomic E-state index is 0.218. The smallest absolute Gasteiger partial charge is 0.119 e. The highest BCUT2D eigenvalue weighted by Gasteiger charge is 2.28. The fourth-order valence-corrected chi connectivity index (χ4v) is 3.56. The first kappa shape index (κ1) is 15.4. The molecule has 2 nitrogen and oxygen atoms in total. The van der Waals surface area contributed by atoms with Gasteiger partial charge in [-0.3, -0.25) is 0 Å². The maximum Gasteiger partial charge on any atom is 0.119 e. The van der Waals surface area contributed by atoms with Crippen molar-refractivity contribution < 1.29 is 9.84 Å². The lowest BCUT2D eigenvalue weighted by Gasteiger charge is -2.34. The fraction of sp³-hybridized carbons (Fsp3) is 0.667. The van der Waals surface area contributed by atoms with Gasteiger partial charge in [-0.15, -0.1) is 0 Å². The Morgan fingerprint density at radius 2 is 1.90 bits per heavy atom. The van der Waals surface area contributed by atoms with Crippen LogP contribution >= 0.6 is 0 Å². The van der Waals surface area contributed by atoms with E-state index in [-0.39, 0.29) is 6.10 Å². The summed E-state index contributed by atoms with van der Waals surface area (Å²) < 4.78 is 5.74. The van der Waals surface area contributed by atoms with Gasteiger partial charge in [0.2, 0.25) is 0 Å². The van der Waals surface area contributed by atoms with Crippen LogP contribution in [0.3, 0.4) is 0 Å². The minimum atomic E-state index is -0.218. The highest BCUT2D eigenvalue weighted by atomic mass is 16.5. The fourth-order valence-electron chi connectivity index (χ4n) is 3.56. The summed E-state index contributed by atoms with van der Waals surface area (Å²) in [5.74, 6) is 2.85. The van der Waals surface area contributed by atoms with Crippen LogP contribution in [0.25, 0.3) is 0 Å². The van der Waals surface area contributed by atoms with Gasteiger partial charge in [0, 0.05) is 6.42 Å². The van der Waals surface area contributed by atoms with E-state index in [1.807, 2.05) is 18.2 Å². The van der Waals surface area contributed by atoms with Crippen molar-refractivity contribution in [3.8, 4) is 5.75 Å². The molecule has 0 spiro atoms. The van der Waals surface area contributed by atoms with Gasteiger partial charge in [0.15, 0.2) is 0 Å². The van der Waals surface area contributed by atoms with Gasteiger partial charge in [-0.05, 0) is 61.6 Å². The van der Waals surface area contributed by atoms with E-state index in [4.69, 9.17) is 4.74 Å². The summed E-state index contributed by atoms with van der Waals surface area (Å²) in [5, 5.41) is 10.4. The van der Waals surface area contributed by atoms with Crippen LogP contribution in [0.15, 0.2) is 24.3 Å². The normalized spacial score (nSPS) is 28.1. The highest BCUT2D eigenvalue weighted by Crippen LogP contribution is 2.35. The first-order chi connectivity index (χ1) is 9.54. The molecule has 0 saturated heterocycles. The summed E-state index contributed by atoms with van der Waals surface area (Å²) >= 11 is 0. The maximum absolute atomic E-state index is 10.4. The predicted molar refractivity (Wildman–Crippen MR) is 83.0 cm³/mol. The summed E-state index contributed by atoms with van der Waals surface area (Å²) in [6, 6.07) is 8.08. The number of benzene rings is 1. The van der Waals surface area contributed by atoms with Crippen molar-refractivity contribution >= 4 is 0 Å². The summed E-state index contributed by atoms with van der Waals surface area (Å²) in [6.07, 6.45) is 4.15. The second kappa shape index (κ2) is 7.12. The summed E-state index contributed by atoms with van der Waals surface area (Å²) in [4.78, 5) is 0. The van der Waals surface area contributed by atoms with Crippen molar-refractivity contribution in [3.63, 3.8) is 0 Å². The van der Waals surface area contributed by atoms with E-state index >= 15 is 0 Å². The van der Waals surface area contributed by atoms with E-state index in [1.165, 1.54) is 12.0 Å². The van der Waals surface area contributed by atoms with Crippen molar-refractivity contribution in [3.05, 3.63) is 29.8 Å². The van der Waals surface area contributed by atoms with Crippen molar-refractivity contribution in [2.24, 2.45) is 17.8 Å². The number of aryl methyl sites for hydroxylation is 1.